The van der Waals surface area contributed by atoms with Crippen LogP contribution in [0.1, 0.15) is 31.4 Å². The molecule has 4 heterocycles. The van der Waals surface area contributed by atoms with Crippen LogP contribution in [0, 0.1) is 18.8 Å². The number of hydrogen-bond acceptors (Lipinski definition) is 7. The number of nitrogens with zero attached hydrogens (tertiary/aromatic N) is 5. The number of carbonyl (C=O) groups is 3. The van der Waals surface area contributed by atoms with Crippen LogP contribution >= 0.6 is 0 Å². The molecule has 2 aromatic rings. The zero-order valence-electron chi connectivity index (χ0n) is 18.6. The molecule has 1 saturated carbocycles. The third kappa shape index (κ3) is 4.15. The van der Waals surface area contributed by atoms with Crippen molar-refractivity contribution in [2.24, 2.45) is 11.8 Å². The van der Waals surface area contributed by atoms with Crippen molar-refractivity contribution in [3.05, 3.63) is 42.2 Å². The molecule has 9 heteroatoms. The Kier molecular flexibility index (Phi) is 5.70. The lowest BCUT2D eigenvalue weighted by atomic mass is 9.81. The summed E-state index contributed by atoms with van der Waals surface area (Å²) >= 11 is 0. The number of aromatic nitrogens is 2. The number of imide groups is 1. The van der Waals surface area contributed by atoms with Crippen LogP contribution in [0.4, 0.5) is 16.3 Å². The van der Waals surface area contributed by atoms with E-state index in [1.54, 1.807) is 11.0 Å². The molecule has 9 nitrogen and oxygen atoms in total. The number of fused-ring (bicyclic) bond motifs is 1. The van der Waals surface area contributed by atoms with Gasteiger partial charge in [-0.1, -0.05) is 18.9 Å². The molecule has 0 aromatic carbocycles. The van der Waals surface area contributed by atoms with E-state index in [4.69, 9.17) is 4.74 Å². The quantitative estimate of drug-likeness (QED) is 0.665. The first-order chi connectivity index (χ1) is 16.0. The van der Waals surface area contributed by atoms with Gasteiger partial charge in [-0.2, -0.15) is 0 Å². The second kappa shape index (κ2) is 8.80. The fraction of sp³-hybridized carbons (Fsp3) is 0.458. The Morgan fingerprint density at radius 2 is 1.67 bits per heavy atom. The Hall–Kier alpha value is -3.49. The lowest BCUT2D eigenvalue weighted by Crippen LogP contribution is -2.50. The number of pyridine rings is 2. The predicted octanol–water partition coefficient (Wildman–Crippen LogP) is 2.79. The van der Waals surface area contributed by atoms with Gasteiger partial charge in [0.05, 0.1) is 23.7 Å². The zero-order valence-corrected chi connectivity index (χ0v) is 18.6. The second-order valence-electron chi connectivity index (χ2n) is 8.84. The number of amides is 3. The third-order valence-corrected chi connectivity index (χ3v) is 6.75. The minimum atomic E-state index is -0.466. The van der Waals surface area contributed by atoms with E-state index in [0.717, 1.165) is 37.2 Å². The first-order valence-corrected chi connectivity index (χ1v) is 11.5. The van der Waals surface area contributed by atoms with Gasteiger partial charge in [0.1, 0.15) is 5.82 Å². The highest BCUT2D eigenvalue weighted by Gasteiger charge is 2.48. The van der Waals surface area contributed by atoms with E-state index < -0.39 is 6.09 Å². The van der Waals surface area contributed by atoms with Crippen molar-refractivity contribution in [1.29, 1.82) is 0 Å². The first kappa shape index (κ1) is 21.4. The summed E-state index contributed by atoms with van der Waals surface area (Å²) in [6.45, 7) is 4.33. The third-order valence-electron chi connectivity index (χ3n) is 6.75. The van der Waals surface area contributed by atoms with Crippen molar-refractivity contribution in [2.45, 2.75) is 32.6 Å². The second-order valence-corrected chi connectivity index (χ2v) is 8.84. The first-order valence-electron chi connectivity index (χ1n) is 11.5. The zero-order chi connectivity index (χ0) is 22.9. The van der Waals surface area contributed by atoms with Crippen LogP contribution in [-0.4, -0.2) is 59.0 Å². The van der Waals surface area contributed by atoms with Gasteiger partial charge in [0.25, 0.3) is 0 Å². The standard InChI is InChI=1S/C24H27N5O4/c1-16-5-4-8-20(26-16)27-11-13-28(14-12-27)24(32)33-21-10-9-17(15-25-21)29-22(30)18-6-2-3-7-19(18)23(29)31/h4-5,8-10,15,18-19H,2-3,6-7,11-14H2,1H3. The van der Waals surface area contributed by atoms with Gasteiger partial charge < -0.3 is 14.5 Å². The number of hydrogen-bond donors (Lipinski definition) is 0. The van der Waals surface area contributed by atoms with Crippen molar-refractivity contribution in [2.75, 3.05) is 36.0 Å². The van der Waals surface area contributed by atoms with Gasteiger partial charge in [-0.25, -0.2) is 19.7 Å². The molecular weight excluding hydrogens is 422 g/mol. The van der Waals surface area contributed by atoms with Crippen molar-refractivity contribution in [1.82, 2.24) is 14.9 Å². The molecule has 2 atom stereocenters. The van der Waals surface area contributed by atoms with Crippen LogP contribution < -0.4 is 14.5 Å². The fourth-order valence-electron chi connectivity index (χ4n) is 4.96. The maximum Gasteiger partial charge on any atom is 0.416 e. The monoisotopic (exact) mass is 449 g/mol. The average Bonchev–Trinajstić information content (AvgIpc) is 3.10. The largest absolute Gasteiger partial charge is 0.416 e. The Morgan fingerprint density at radius 3 is 2.27 bits per heavy atom. The van der Waals surface area contributed by atoms with Gasteiger partial charge >= 0.3 is 6.09 Å². The summed E-state index contributed by atoms with van der Waals surface area (Å²) in [4.78, 5) is 51.8. The Labute approximate surface area is 192 Å². The summed E-state index contributed by atoms with van der Waals surface area (Å²) in [5, 5.41) is 0. The molecule has 3 amide bonds. The van der Waals surface area contributed by atoms with Gasteiger partial charge in [-0.3, -0.25) is 9.59 Å². The lowest BCUT2D eigenvalue weighted by molar-refractivity contribution is -0.122. The van der Waals surface area contributed by atoms with Gasteiger partial charge in [0.15, 0.2) is 0 Å². The highest BCUT2D eigenvalue weighted by molar-refractivity contribution is 6.22. The molecule has 33 heavy (non-hydrogen) atoms. The van der Waals surface area contributed by atoms with E-state index >= 15 is 0 Å². The summed E-state index contributed by atoms with van der Waals surface area (Å²) < 4.78 is 5.43. The van der Waals surface area contributed by atoms with Crippen molar-refractivity contribution in [3.8, 4) is 5.88 Å². The number of piperazine rings is 1. The van der Waals surface area contributed by atoms with Crippen LogP contribution in [0.2, 0.25) is 0 Å². The molecule has 2 aromatic heterocycles. The molecule has 0 N–H and O–H groups in total. The van der Waals surface area contributed by atoms with E-state index in [1.807, 2.05) is 25.1 Å². The predicted molar refractivity (Wildman–Crippen MR) is 121 cm³/mol. The molecule has 0 radical (unpaired) electrons. The molecular formula is C24H27N5O4. The number of ether oxygens (including phenoxy) is 1. The smallest absolute Gasteiger partial charge is 0.391 e. The molecule has 0 spiro atoms. The van der Waals surface area contributed by atoms with E-state index in [1.165, 1.54) is 17.2 Å². The number of carbonyl (C=O) groups excluding carboxylic acids is 3. The van der Waals surface area contributed by atoms with E-state index in [0.29, 0.717) is 31.9 Å². The molecule has 1 aliphatic carbocycles. The van der Waals surface area contributed by atoms with Crippen LogP contribution in [0.3, 0.4) is 0 Å². The summed E-state index contributed by atoms with van der Waals surface area (Å²) in [6, 6.07) is 9.05. The Balaban J connectivity index is 1.18. The van der Waals surface area contributed by atoms with Gasteiger partial charge in [-0.05, 0) is 38.0 Å². The highest BCUT2D eigenvalue weighted by Crippen LogP contribution is 2.40. The lowest BCUT2D eigenvalue weighted by Gasteiger charge is -2.34. The summed E-state index contributed by atoms with van der Waals surface area (Å²) in [5.74, 6) is 0.346. The van der Waals surface area contributed by atoms with E-state index in [2.05, 4.69) is 14.9 Å². The molecule has 3 aliphatic rings. The van der Waals surface area contributed by atoms with Gasteiger partial charge in [0.2, 0.25) is 17.7 Å². The maximum absolute atomic E-state index is 12.7. The Morgan fingerprint density at radius 1 is 0.970 bits per heavy atom. The van der Waals surface area contributed by atoms with Crippen LogP contribution in [0.5, 0.6) is 5.88 Å². The average molecular weight is 450 g/mol. The topological polar surface area (TPSA) is 95.9 Å². The number of anilines is 2. The highest BCUT2D eigenvalue weighted by atomic mass is 16.6. The number of rotatable bonds is 3. The Bertz CT molecular complexity index is 1040. The van der Waals surface area contributed by atoms with Crippen molar-refractivity contribution in [3.63, 3.8) is 0 Å². The molecule has 5 rings (SSSR count). The summed E-state index contributed by atoms with van der Waals surface area (Å²) in [5.41, 5.74) is 1.39. The molecule has 2 saturated heterocycles. The van der Waals surface area contributed by atoms with E-state index in [-0.39, 0.29) is 29.5 Å². The number of aryl methyl sites for hydroxylation is 1. The minimum Gasteiger partial charge on any atom is -0.391 e. The van der Waals surface area contributed by atoms with Crippen LogP contribution in [-0.2, 0) is 9.59 Å². The minimum absolute atomic E-state index is 0.141. The van der Waals surface area contributed by atoms with E-state index in [9.17, 15) is 14.4 Å². The molecule has 0 bridgehead atoms. The SMILES string of the molecule is Cc1cccc(N2CCN(C(=O)Oc3ccc(N4C(=O)C5CCCCC5C4=O)cn3)CC2)n1. The summed E-state index contributed by atoms with van der Waals surface area (Å²) in [6.07, 6.45) is 4.46. The van der Waals surface area contributed by atoms with Crippen molar-refractivity contribution < 1.29 is 19.1 Å². The molecule has 3 fully saturated rings. The molecule has 172 valence electrons. The molecule has 2 unspecified atom stereocenters. The maximum atomic E-state index is 12.7. The van der Waals surface area contributed by atoms with Gasteiger partial charge in [0, 0.05) is 37.9 Å². The van der Waals surface area contributed by atoms with Crippen molar-refractivity contribution >= 4 is 29.4 Å². The van der Waals surface area contributed by atoms with Crippen LogP contribution in [0.25, 0.3) is 0 Å². The normalized spacial score (nSPS) is 23.0. The summed E-state index contributed by atoms with van der Waals surface area (Å²) in [7, 11) is 0. The van der Waals surface area contributed by atoms with Crippen LogP contribution in [0.15, 0.2) is 36.5 Å². The fourth-order valence-corrected chi connectivity index (χ4v) is 4.96. The molecule has 2 aliphatic heterocycles. The van der Waals surface area contributed by atoms with Gasteiger partial charge in [-0.15, -0.1) is 0 Å².